The SMILES string of the molecule is CCC1CC(c2ccc(O)cc2)C(F)C1F. The van der Waals surface area contributed by atoms with Gasteiger partial charge in [-0.2, -0.15) is 0 Å². The van der Waals surface area contributed by atoms with Crippen molar-refractivity contribution in [1.29, 1.82) is 0 Å². The highest BCUT2D eigenvalue weighted by Gasteiger charge is 2.43. The molecule has 0 radical (unpaired) electrons. The molecular weight excluding hydrogens is 210 g/mol. The van der Waals surface area contributed by atoms with Crippen molar-refractivity contribution in [1.82, 2.24) is 0 Å². The maximum atomic E-state index is 13.8. The Balaban J connectivity index is 2.19. The van der Waals surface area contributed by atoms with Gasteiger partial charge < -0.3 is 5.11 Å². The van der Waals surface area contributed by atoms with Crippen LogP contribution in [0.4, 0.5) is 8.78 Å². The molecule has 0 aliphatic heterocycles. The van der Waals surface area contributed by atoms with E-state index in [0.717, 1.165) is 5.56 Å². The van der Waals surface area contributed by atoms with Crippen LogP contribution in [0.25, 0.3) is 0 Å². The molecule has 0 spiro atoms. The van der Waals surface area contributed by atoms with E-state index in [1.165, 1.54) is 12.1 Å². The lowest BCUT2D eigenvalue weighted by atomic mass is 9.95. The van der Waals surface area contributed by atoms with Gasteiger partial charge in [-0.25, -0.2) is 8.78 Å². The molecule has 2 rings (SSSR count). The predicted molar refractivity (Wildman–Crippen MR) is 59.0 cm³/mol. The monoisotopic (exact) mass is 226 g/mol. The summed E-state index contributed by atoms with van der Waals surface area (Å²) in [6.45, 7) is 1.89. The molecule has 1 aromatic rings. The number of phenols is 1. The number of phenolic OH excluding ortho intramolecular Hbond substituents is 1. The lowest BCUT2D eigenvalue weighted by Gasteiger charge is -2.13. The standard InChI is InChI=1S/C13H16F2O/c1-2-8-7-11(13(15)12(8)14)9-3-5-10(16)6-4-9/h3-6,8,11-13,16H,2,7H2,1H3. The lowest BCUT2D eigenvalue weighted by molar-refractivity contribution is 0.154. The third-order valence-corrected chi connectivity index (χ3v) is 3.54. The quantitative estimate of drug-likeness (QED) is 0.817. The molecule has 1 aliphatic rings. The number of alkyl halides is 2. The van der Waals surface area contributed by atoms with E-state index in [4.69, 9.17) is 5.11 Å². The maximum absolute atomic E-state index is 13.8. The third kappa shape index (κ3) is 1.91. The molecule has 0 amide bonds. The van der Waals surface area contributed by atoms with E-state index in [1.54, 1.807) is 12.1 Å². The van der Waals surface area contributed by atoms with Crippen LogP contribution in [0.1, 0.15) is 31.2 Å². The first-order chi connectivity index (χ1) is 7.63. The van der Waals surface area contributed by atoms with Gasteiger partial charge in [-0.1, -0.05) is 25.5 Å². The number of halogens is 2. The van der Waals surface area contributed by atoms with E-state index in [0.29, 0.717) is 12.8 Å². The smallest absolute Gasteiger partial charge is 0.138 e. The van der Waals surface area contributed by atoms with Crippen LogP contribution >= 0.6 is 0 Å². The fraction of sp³-hybridized carbons (Fsp3) is 0.538. The number of hydrogen-bond acceptors (Lipinski definition) is 1. The Bertz CT molecular complexity index is 349. The highest BCUT2D eigenvalue weighted by Crippen LogP contribution is 2.43. The summed E-state index contributed by atoms with van der Waals surface area (Å²) >= 11 is 0. The van der Waals surface area contributed by atoms with E-state index >= 15 is 0 Å². The molecule has 0 heterocycles. The van der Waals surface area contributed by atoms with Crippen molar-refractivity contribution in [2.45, 2.75) is 38.0 Å². The number of benzene rings is 1. The van der Waals surface area contributed by atoms with E-state index in [2.05, 4.69) is 0 Å². The van der Waals surface area contributed by atoms with Crippen LogP contribution in [-0.4, -0.2) is 17.4 Å². The minimum Gasteiger partial charge on any atom is -0.508 e. The van der Waals surface area contributed by atoms with Crippen LogP contribution in [0.15, 0.2) is 24.3 Å². The molecule has 3 heteroatoms. The first-order valence-electron chi connectivity index (χ1n) is 5.70. The average Bonchev–Trinajstić information content (AvgIpc) is 2.57. The molecule has 4 unspecified atom stereocenters. The normalized spacial score (nSPS) is 34.2. The summed E-state index contributed by atoms with van der Waals surface area (Å²) in [5.74, 6) is -0.379. The number of rotatable bonds is 2. The molecule has 0 bridgehead atoms. The molecule has 1 nitrogen and oxygen atoms in total. The lowest BCUT2D eigenvalue weighted by Crippen LogP contribution is -2.18. The first-order valence-corrected chi connectivity index (χ1v) is 5.70. The highest BCUT2D eigenvalue weighted by molar-refractivity contribution is 5.30. The van der Waals surface area contributed by atoms with E-state index in [-0.39, 0.29) is 17.6 Å². The summed E-state index contributed by atoms with van der Waals surface area (Å²) in [6.07, 6.45) is -1.52. The molecule has 0 saturated heterocycles. The zero-order chi connectivity index (χ0) is 11.7. The van der Waals surface area contributed by atoms with Gasteiger partial charge in [0.15, 0.2) is 0 Å². The summed E-state index contributed by atoms with van der Waals surface area (Å²) in [4.78, 5) is 0. The maximum Gasteiger partial charge on any atom is 0.138 e. The van der Waals surface area contributed by atoms with Gasteiger partial charge in [0.2, 0.25) is 0 Å². The number of hydrogen-bond donors (Lipinski definition) is 1. The summed E-state index contributed by atoms with van der Waals surface area (Å²) in [6, 6.07) is 6.40. The minimum absolute atomic E-state index is 0.154. The van der Waals surface area contributed by atoms with Crippen LogP contribution in [0.2, 0.25) is 0 Å². The molecule has 16 heavy (non-hydrogen) atoms. The molecule has 1 aliphatic carbocycles. The van der Waals surface area contributed by atoms with E-state index in [1.807, 2.05) is 6.92 Å². The Morgan fingerprint density at radius 3 is 2.31 bits per heavy atom. The average molecular weight is 226 g/mol. The Hall–Kier alpha value is -1.12. The zero-order valence-corrected chi connectivity index (χ0v) is 9.24. The van der Waals surface area contributed by atoms with Crippen LogP contribution in [-0.2, 0) is 0 Å². The molecule has 88 valence electrons. The van der Waals surface area contributed by atoms with Gasteiger partial charge in [0, 0.05) is 5.92 Å². The summed E-state index contributed by atoms with van der Waals surface area (Å²) in [5.41, 5.74) is 0.781. The second-order valence-electron chi connectivity index (χ2n) is 4.49. The van der Waals surface area contributed by atoms with Crippen LogP contribution < -0.4 is 0 Å². The van der Waals surface area contributed by atoms with Gasteiger partial charge in [0.1, 0.15) is 18.1 Å². The molecule has 4 atom stereocenters. The molecule has 1 aromatic carbocycles. The summed E-state index contributed by atoms with van der Waals surface area (Å²) in [7, 11) is 0. The minimum atomic E-state index is -1.41. The predicted octanol–water partition coefficient (Wildman–Crippen LogP) is 3.58. The second-order valence-corrected chi connectivity index (χ2v) is 4.49. The highest BCUT2D eigenvalue weighted by atomic mass is 19.2. The molecule has 0 aromatic heterocycles. The van der Waals surface area contributed by atoms with E-state index < -0.39 is 12.3 Å². The number of aromatic hydroxyl groups is 1. The Kier molecular flexibility index (Phi) is 3.13. The fourth-order valence-electron chi connectivity index (χ4n) is 2.50. The van der Waals surface area contributed by atoms with Crippen molar-refractivity contribution in [2.75, 3.05) is 0 Å². The van der Waals surface area contributed by atoms with Crippen molar-refractivity contribution in [3.05, 3.63) is 29.8 Å². The Morgan fingerprint density at radius 2 is 1.81 bits per heavy atom. The topological polar surface area (TPSA) is 20.2 Å². The molecular formula is C13H16F2O. The van der Waals surface area contributed by atoms with Crippen LogP contribution in [0.5, 0.6) is 5.75 Å². The van der Waals surface area contributed by atoms with E-state index in [9.17, 15) is 8.78 Å². The van der Waals surface area contributed by atoms with Crippen molar-refractivity contribution >= 4 is 0 Å². The van der Waals surface area contributed by atoms with Gasteiger partial charge in [-0.3, -0.25) is 0 Å². The summed E-state index contributed by atoms with van der Waals surface area (Å²) < 4.78 is 27.3. The van der Waals surface area contributed by atoms with Crippen molar-refractivity contribution in [3.8, 4) is 5.75 Å². The van der Waals surface area contributed by atoms with Gasteiger partial charge in [-0.05, 0) is 30.0 Å². The Labute approximate surface area is 94.1 Å². The van der Waals surface area contributed by atoms with Crippen molar-refractivity contribution in [3.63, 3.8) is 0 Å². The molecule has 1 N–H and O–H groups in total. The molecule has 1 saturated carbocycles. The van der Waals surface area contributed by atoms with Gasteiger partial charge in [-0.15, -0.1) is 0 Å². The largest absolute Gasteiger partial charge is 0.508 e. The van der Waals surface area contributed by atoms with Crippen molar-refractivity contribution < 1.29 is 13.9 Å². The zero-order valence-electron chi connectivity index (χ0n) is 9.24. The Morgan fingerprint density at radius 1 is 1.19 bits per heavy atom. The molecule has 1 fully saturated rings. The fourth-order valence-corrected chi connectivity index (χ4v) is 2.50. The summed E-state index contributed by atoms with van der Waals surface area (Å²) in [5, 5.41) is 9.15. The van der Waals surface area contributed by atoms with Gasteiger partial charge in [0.25, 0.3) is 0 Å². The van der Waals surface area contributed by atoms with Crippen molar-refractivity contribution in [2.24, 2.45) is 5.92 Å². The second kappa shape index (κ2) is 4.40. The van der Waals surface area contributed by atoms with Gasteiger partial charge >= 0.3 is 0 Å². The van der Waals surface area contributed by atoms with Gasteiger partial charge in [0.05, 0.1) is 0 Å². The van der Waals surface area contributed by atoms with Crippen LogP contribution in [0, 0.1) is 5.92 Å². The first kappa shape index (κ1) is 11.4. The third-order valence-electron chi connectivity index (χ3n) is 3.54. The van der Waals surface area contributed by atoms with Crippen LogP contribution in [0.3, 0.4) is 0 Å².